The quantitative estimate of drug-likeness (QED) is 0.841. The molecule has 3 heteroatoms. The Morgan fingerprint density at radius 1 is 1.33 bits per heavy atom. The molecule has 1 aromatic rings. The fraction of sp³-hybridized carbons (Fsp3) is 0.533. The van der Waals surface area contributed by atoms with Gasteiger partial charge in [0.25, 0.3) is 5.91 Å². The number of phenols is 1. The lowest BCUT2D eigenvalue weighted by atomic mass is 9.95. The second-order valence-electron chi connectivity index (χ2n) is 4.84. The van der Waals surface area contributed by atoms with Crippen LogP contribution in [0.5, 0.6) is 5.75 Å². The Hall–Kier alpha value is -1.51. The molecule has 2 N–H and O–H groups in total. The van der Waals surface area contributed by atoms with E-state index >= 15 is 0 Å². The minimum Gasteiger partial charge on any atom is -0.508 e. The molecule has 0 saturated carbocycles. The smallest absolute Gasteiger partial charge is 0.251 e. The highest BCUT2D eigenvalue weighted by molar-refractivity contribution is 5.94. The van der Waals surface area contributed by atoms with Gasteiger partial charge in [-0.1, -0.05) is 26.7 Å². The molecule has 100 valence electrons. The minimum absolute atomic E-state index is 0.0718. The predicted molar refractivity (Wildman–Crippen MR) is 73.8 cm³/mol. The number of nitrogens with one attached hydrogen (secondary N) is 1. The zero-order valence-corrected chi connectivity index (χ0v) is 11.7. The predicted octanol–water partition coefficient (Wildman–Crippen LogP) is 3.26. The molecule has 1 aromatic carbocycles. The molecule has 0 aliphatic rings. The standard InChI is InChI=1S/C15H23NO2/c1-5-12(6-2)11(4)16-15(18)13-7-8-14(17)10(3)9-13/h7-9,11-12,17H,5-6H2,1-4H3,(H,16,18). The van der Waals surface area contributed by atoms with E-state index in [1.807, 2.05) is 6.92 Å². The third kappa shape index (κ3) is 3.49. The normalized spacial score (nSPS) is 12.5. The van der Waals surface area contributed by atoms with Gasteiger partial charge in [0.2, 0.25) is 0 Å². The number of hydrogen-bond donors (Lipinski definition) is 2. The Kier molecular flexibility index (Phi) is 5.20. The summed E-state index contributed by atoms with van der Waals surface area (Å²) in [7, 11) is 0. The number of aryl methyl sites for hydroxylation is 1. The van der Waals surface area contributed by atoms with Crippen molar-refractivity contribution >= 4 is 5.91 Å². The highest BCUT2D eigenvalue weighted by Crippen LogP contribution is 2.18. The summed E-state index contributed by atoms with van der Waals surface area (Å²) in [5, 5.41) is 12.5. The number of phenolic OH excluding ortho intramolecular Hbond substituents is 1. The Balaban J connectivity index is 2.73. The summed E-state index contributed by atoms with van der Waals surface area (Å²) in [6.07, 6.45) is 2.12. The van der Waals surface area contributed by atoms with Gasteiger partial charge in [-0.15, -0.1) is 0 Å². The van der Waals surface area contributed by atoms with E-state index in [1.165, 1.54) is 0 Å². The lowest BCUT2D eigenvalue weighted by Crippen LogP contribution is -2.37. The second-order valence-corrected chi connectivity index (χ2v) is 4.84. The summed E-state index contributed by atoms with van der Waals surface area (Å²) in [6.45, 7) is 8.11. The van der Waals surface area contributed by atoms with E-state index in [1.54, 1.807) is 25.1 Å². The number of carbonyl (C=O) groups excluding carboxylic acids is 1. The van der Waals surface area contributed by atoms with Crippen molar-refractivity contribution in [2.45, 2.75) is 46.6 Å². The average molecular weight is 249 g/mol. The third-order valence-corrected chi connectivity index (χ3v) is 3.57. The van der Waals surface area contributed by atoms with Crippen molar-refractivity contribution in [3.05, 3.63) is 29.3 Å². The molecule has 0 fully saturated rings. The topological polar surface area (TPSA) is 49.3 Å². The van der Waals surface area contributed by atoms with E-state index in [0.29, 0.717) is 11.5 Å². The van der Waals surface area contributed by atoms with Crippen molar-refractivity contribution in [2.24, 2.45) is 5.92 Å². The maximum absolute atomic E-state index is 12.1. The van der Waals surface area contributed by atoms with Gasteiger partial charge < -0.3 is 10.4 Å². The molecule has 18 heavy (non-hydrogen) atoms. The highest BCUT2D eigenvalue weighted by Gasteiger charge is 2.16. The van der Waals surface area contributed by atoms with Crippen LogP contribution in [0.1, 0.15) is 49.5 Å². The van der Waals surface area contributed by atoms with E-state index in [2.05, 4.69) is 19.2 Å². The van der Waals surface area contributed by atoms with Crippen LogP contribution in [0.2, 0.25) is 0 Å². The molecule has 0 heterocycles. The Morgan fingerprint density at radius 3 is 2.44 bits per heavy atom. The first-order valence-corrected chi connectivity index (χ1v) is 6.60. The zero-order chi connectivity index (χ0) is 13.7. The molecule has 1 atom stereocenters. The van der Waals surface area contributed by atoms with Gasteiger partial charge in [0, 0.05) is 11.6 Å². The number of benzene rings is 1. The van der Waals surface area contributed by atoms with Crippen LogP contribution in [0.4, 0.5) is 0 Å². The number of aromatic hydroxyl groups is 1. The molecule has 1 rings (SSSR count). The molecular formula is C15H23NO2. The summed E-state index contributed by atoms with van der Waals surface area (Å²) < 4.78 is 0. The molecule has 0 aromatic heterocycles. The minimum atomic E-state index is -0.0718. The van der Waals surface area contributed by atoms with Crippen LogP contribution >= 0.6 is 0 Å². The molecule has 0 aliphatic carbocycles. The van der Waals surface area contributed by atoms with Gasteiger partial charge in [0.15, 0.2) is 0 Å². The first-order valence-electron chi connectivity index (χ1n) is 6.60. The van der Waals surface area contributed by atoms with Crippen LogP contribution in [0.15, 0.2) is 18.2 Å². The van der Waals surface area contributed by atoms with Crippen molar-refractivity contribution in [3.63, 3.8) is 0 Å². The molecule has 0 radical (unpaired) electrons. The summed E-state index contributed by atoms with van der Waals surface area (Å²) in [6, 6.07) is 5.09. The summed E-state index contributed by atoms with van der Waals surface area (Å²) in [4.78, 5) is 12.1. The van der Waals surface area contributed by atoms with Crippen LogP contribution < -0.4 is 5.32 Å². The molecule has 1 amide bonds. The number of amides is 1. The fourth-order valence-electron chi connectivity index (χ4n) is 2.20. The summed E-state index contributed by atoms with van der Waals surface area (Å²) >= 11 is 0. The van der Waals surface area contributed by atoms with Gasteiger partial charge in [-0.25, -0.2) is 0 Å². The van der Waals surface area contributed by atoms with Crippen LogP contribution in [0, 0.1) is 12.8 Å². The highest BCUT2D eigenvalue weighted by atomic mass is 16.3. The van der Waals surface area contributed by atoms with Crippen molar-refractivity contribution in [2.75, 3.05) is 0 Å². The average Bonchev–Trinajstić information content (AvgIpc) is 2.34. The SMILES string of the molecule is CCC(CC)C(C)NC(=O)c1ccc(O)c(C)c1. The van der Waals surface area contributed by atoms with Crippen LogP contribution in [0.3, 0.4) is 0 Å². The number of hydrogen-bond acceptors (Lipinski definition) is 2. The molecule has 0 spiro atoms. The third-order valence-electron chi connectivity index (χ3n) is 3.57. The van der Waals surface area contributed by atoms with E-state index in [9.17, 15) is 9.90 Å². The molecule has 0 bridgehead atoms. The maximum atomic E-state index is 12.1. The van der Waals surface area contributed by atoms with E-state index < -0.39 is 0 Å². The van der Waals surface area contributed by atoms with Crippen molar-refractivity contribution in [1.29, 1.82) is 0 Å². The Morgan fingerprint density at radius 2 is 1.94 bits per heavy atom. The largest absolute Gasteiger partial charge is 0.508 e. The van der Waals surface area contributed by atoms with Gasteiger partial charge in [-0.2, -0.15) is 0 Å². The number of rotatable bonds is 5. The van der Waals surface area contributed by atoms with E-state index in [0.717, 1.165) is 18.4 Å². The molecule has 1 unspecified atom stereocenters. The van der Waals surface area contributed by atoms with Crippen LogP contribution in [-0.4, -0.2) is 17.1 Å². The summed E-state index contributed by atoms with van der Waals surface area (Å²) in [5.74, 6) is 0.657. The van der Waals surface area contributed by atoms with Gasteiger partial charge in [-0.3, -0.25) is 4.79 Å². The van der Waals surface area contributed by atoms with Gasteiger partial charge in [0.05, 0.1) is 0 Å². The Bertz CT molecular complexity index is 411. The van der Waals surface area contributed by atoms with Gasteiger partial charge >= 0.3 is 0 Å². The van der Waals surface area contributed by atoms with Gasteiger partial charge in [-0.05, 0) is 43.5 Å². The lowest BCUT2D eigenvalue weighted by molar-refractivity contribution is 0.0925. The van der Waals surface area contributed by atoms with Crippen molar-refractivity contribution in [3.8, 4) is 5.75 Å². The first-order chi connectivity index (χ1) is 8.49. The second kappa shape index (κ2) is 6.43. The Labute approximate surface area is 109 Å². The fourth-order valence-corrected chi connectivity index (χ4v) is 2.20. The number of carbonyl (C=O) groups is 1. The molecular weight excluding hydrogens is 226 g/mol. The molecule has 3 nitrogen and oxygen atoms in total. The monoisotopic (exact) mass is 249 g/mol. The van der Waals surface area contributed by atoms with E-state index in [4.69, 9.17) is 0 Å². The zero-order valence-electron chi connectivity index (χ0n) is 11.7. The first kappa shape index (κ1) is 14.6. The molecule has 0 aliphatic heterocycles. The van der Waals surface area contributed by atoms with Crippen molar-refractivity contribution in [1.82, 2.24) is 5.32 Å². The maximum Gasteiger partial charge on any atom is 0.251 e. The van der Waals surface area contributed by atoms with Crippen LogP contribution in [-0.2, 0) is 0 Å². The summed E-state index contributed by atoms with van der Waals surface area (Å²) in [5.41, 5.74) is 1.32. The van der Waals surface area contributed by atoms with Gasteiger partial charge in [0.1, 0.15) is 5.75 Å². The van der Waals surface area contributed by atoms with Crippen LogP contribution in [0.25, 0.3) is 0 Å². The van der Waals surface area contributed by atoms with Crippen molar-refractivity contribution < 1.29 is 9.90 Å². The lowest BCUT2D eigenvalue weighted by Gasteiger charge is -2.22. The van der Waals surface area contributed by atoms with E-state index in [-0.39, 0.29) is 17.7 Å². The molecule has 0 saturated heterocycles.